The van der Waals surface area contributed by atoms with Gasteiger partial charge < -0.3 is 10.1 Å². The van der Waals surface area contributed by atoms with Crippen molar-refractivity contribution in [2.75, 3.05) is 19.9 Å². The molecule has 0 saturated carbocycles. The van der Waals surface area contributed by atoms with Crippen molar-refractivity contribution in [2.24, 2.45) is 0 Å². The number of nitrogens with zero attached hydrogens (tertiary/aromatic N) is 2. The second-order valence-corrected chi connectivity index (χ2v) is 6.06. The molecule has 20 heavy (non-hydrogen) atoms. The van der Waals surface area contributed by atoms with Gasteiger partial charge in [-0.1, -0.05) is 53.4 Å². The average molecular weight is 309 g/mol. The van der Waals surface area contributed by atoms with E-state index in [0.717, 1.165) is 9.90 Å². The van der Waals surface area contributed by atoms with E-state index < -0.39 is 5.54 Å². The zero-order valence-electron chi connectivity index (χ0n) is 11.2. The van der Waals surface area contributed by atoms with Crippen LogP contribution in [0, 0.1) is 0 Å². The second-order valence-electron chi connectivity index (χ2n) is 4.01. The fraction of sp³-hybridized carbons (Fsp3) is 0.308. The van der Waals surface area contributed by atoms with Gasteiger partial charge in [0.15, 0.2) is 9.88 Å². The number of esters is 1. The molecule has 1 unspecified atom stereocenters. The van der Waals surface area contributed by atoms with Crippen LogP contribution in [0.5, 0.6) is 0 Å². The van der Waals surface area contributed by atoms with Gasteiger partial charge in [-0.15, -0.1) is 10.2 Å². The number of carbonyl (C=O) groups is 1. The van der Waals surface area contributed by atoms with Crippen molar-refractivity contribution in [3.63, 3.8) is 0 Å². The Hall–Kier alpha value is -1.44. The van der Waals surface area contributed by atoms with Crippen LogP contribution in [0.3, 0.4) is 0 Å². The molecule has 0 radical (unpaired) electrons. The lowest BCUT2D eigenvalue weighted by Gasteiger charge is -2.30. The van der Waals surface area contributed by atoms with Gasteiger partial charge in [0.1, 0.15) is 5.51 Å². The van der Waals surface area contributed by atoms with Gasteiger partial charge in [-0.3, -0.25) is 0 Å². The summed E-state index contributed by atoms with van der Waals surface area (Å²) in [4.78, 5) is 12.3. The van der Waals surface area contributed by atoms with Crippen LogP contribution in [-0.4, -0.2) is 36.1 Å². The molecule has 0 aliphatic carbocycles. The first-order chi connectivity index (χ1) is 9.73. The van der Waals surface area contributed by atoms with Crippen LogP contribution < -0.4 is 5.32 Å². The number of hydrogen-bond acceptors (Lipinski definition) is 7. The number of nitrogens with one attached hydrogen (secondary N) is 1. The van der Waals surface area contributed by atoms with Crippen molar-refractivity contribution in [3.8, 4) is 0 Å². The van der Waals surface area contributed by atoms with E-state index in [1.807, 2.05) is 30.3 Å². The Morgan fingerprint density at radius 1 is 1.45 bits per heavy atom. The lowest BCUT2D eigenvalue weighted by atomic mass is 9.92. The molecule has 7 heteroatoms. The predicted octanol–water partition coefficient (Wildman–Crippen LogP) is 1.92. The number of likely N-dealkylation sites (N-methyl/N-ethyl adjacent to an activating group) is 1. The minimum atomic E-state index is -0.896. The molecular weight excluding hydrogens is 294 g/mol. The average Bonchev–Trinajstić information content (AvgIpc) is 3.02. The predicted molar refractivity (Wildman–Crippen MR) is 79.8 cm³/mol. The maximum Gasteiger partial charge on any atom is 0.331 e. The molecule has 1 aromatic heterocycles. The zero-order valence-corrected chi connectivity index (χ0v) is 12.8. The van der Waals surface area contributed by atoms with Crippen molar-refractivity contribution in [3.05, 3.63) is 41.4 Å². The number of benzene rings is 1. The normalized spacial score (nSPS) is 13.7. The smallest absolute Gasteiger partial charge is 0.331 e. The van der Waals surface area contributed by atoms with Crippen LogP contribution in [-0.2, 0) is 15.1 Å². The standard InChI is InChI=1S/C13H15N3O2S2/c1-14-13(11(17)18-2,10-6-4-3-5-7-10)8-19-12-16-15-9-20-12/h3-7,9,14H,8H2,1-2H3. The summed E-state index contributed by atoms with van der Waals surface area (Å²) in [6.45, 7) is 0. The topological polar surface area (TPSA) is 64.1 Å². The van der Waals surface area contributed by atoms with Crippen LogP contribution in [0.1, 0.15) is 5.56 Å². The van der Waals surface area contributed by atoms with Gasteiger partial charge in [0.2, 0.25) is 0 Å². The van der Waals surface area contributed by atoms with Crippen LogP contribution in [0.4, 0.5) is 0 Å². The van der Waals surface area contributed by atoms with E-state index in [0.29, 0.717) is 5.75 Å². The maximum atomic E-state index is 12.3. The van der Waals surface area contributed by atoms with Gasteiger partial charge in [0.05, 0.1) is 7.11 Å². The third kappa shape index (κ3) is 3.00. The molecule has 0 amide bonds. The SMILES string of the molecule is CNC(CSc1nncs1)(C(=O)OC)c1ccccc1. The lowest BCUT2D eigenvalue weighted by molar-refractivity contribution is -0.147. The second kappa shape index (κ2) is 6.83. The van der Waals surface area contributed by atoms with Crippen molar-refractivity contribution in [2.45, 2.75) is 9.88 Å². The molecule has 0 bridgehead atoms. The largest absolute Gasteiger partial charge is 0.467 e. The van der Waals surface area contributed by atoms with Crippen LogP contribution in [0.2, 0.25) is 0 Å². The molecule has 0 saturated heterocycles. The molecule has 1 aromatic carbocycles. The molecule has 106 valence electrons. The molecule has 5 nitrogen and oxygen atoms in total. The highest BCUT2D eigenvalue weighted by atomic mass is 32.2. The number of ether oxygens (including phenoxy) is 1. The molecule has 0 fully saturated rings. The molecule has 0 aliphatic heterocycles. The molecule has 1 heterocycles. The summed E-state index contributed by atoms with van der Waals surface area (Å²) >= 11 is 2.93. The summed E-state index contributed by atoms with van der Waals surface area (Å²) in [5.41, 5.74) is 1.64. The summed E-state index contributed by atoms with van der Waals surface area (Å²) in [5.74, 6) is 0.165. The Morgan fingerprint density at radius 3 is 2.75 bits per heavy atom. The highest BCUT2D eigenvalue weighted by Crippen LogP contribution is 2.31. The van der Waals surface area contributed by atoms with E-state index in [1.165, 1.54) is 30.2 Å². The number of rotatable bonds is 6. The van der Waals surface area contributed by atoms with E-state index in [1.54, 1.807) is 12.6 Å². The number of thioether (sulfide) groups is 1. The van der Waals surface area contributed by atoms with E-state index >= 15 is 0 Å². The van der Waals surface area contributed by atoms with Crippen LogP contribution >= 0.6 is 23.1 Å². The van der Waals surface area contributed by atoms with Crippen molar-refractivity contribution >= 4 is 29.1 Å². The lowest BCUT2D eigenvalue weighted by Crippen LogP contribution is -2.50. The third-order valence-corrected chi connectivity index (χ3v) is 5.01. The highest BCUT2D eigenvalue weighted by molar-refractivity contribution is 8.01. The Bertz CT molecular complexity index is 548. The summed E-state index contributed by atoms with van der Waals surface area (Å²) < 4.78 is 5.81. The Labute approximate surface area is 125 Å². The van der Waals surface area contributed by atoms with Crippen LogP contribution in [0.25, 0.3) is 0 Å². The van der Waals surface area contributed by atoms with Crippen molar-refractivity contribution in [1.29, 1.82) is 0 Å². The molecule has 2 rings (SSSR count). The minimum absolute atomic E-state index is 0.316. The Kier molecular flexibility index (Phi) is 5.11. The Balaban J connectivity index is 2.30. The van der Waals surface area contributed by atoms with Crippen molar-refractivity contribution < 1.29 is 9.53 Å². The molecular formula is C13H15N3O2S2. The van der Waals surface area contributed by atoms with Gasteiger partial charge in [0, 0.05) is 5.75 Å². The number of methoxy groups -OCH3 is 1. The fourth-order valence-electron chi connectivity index (χ4n) is 1.87. The molecule has 2 aromatic rings. The summed E-state index contributed by atoms with van der Waals surface area (Å²) in [6, 6.07) is 9.54. The molecule has 1 N–H and O–H groups in total. The first-order valence-electron chi connectivity index (χ1n) is 5.95. The van der Waals surface area contributed by atoms with E-state index in [4.69, 9.17) is 4.74 Å². The minimum Gasteiger partial charge on any atom is -0.467 e. The monoisotopic (exact) mass is 309 g/mol. The molecule has 1 atom stereocenters. The maximum absolute atomic E-state index is 12.3. The number of hydrogen-bond donors (Lipinski definition) is 1. The van der Waals surface area contributed by atoms with Gasteiger partial charge in [0.25, 0.3) is 0 Å². The zero-order chi connectivity index (χ0) is 14.4. The van der Waals surface area contributed by atoms with E-state index in [2.05, 4.69) is 15.5 Å². The summed E-state index contributed by atoms with van der Waals surface area (Å²) in [6.07, 6.45) is 0. The van der Waals surface area contributed by atoms with Gasteiger partial charge in [-0.25, -0.2) is 4.79 Å². The van der Waals surface area contributed by atoms with Crippen molar-refractivity contribution in [1.82, 2.24) is 15.5 Å². The third-order valence-electron chi connectivity index (χ3n) is 2.98. The van der Waals surface area contributed by atoms with E-state index in [-0.39, 0.29) is 5.97 Å². The molecule has 0 aliphatic rings. The van der Waals surface area contributed by atoms with Gasteiger partial charge in [-0.05, 0) is 12.6 Å². The first kappa shape index (κ1) is 15.0. The fourth-order valence-corrected chi connectivity index (χ4v) is 3.60. The quantitative estimate of drug-likeness (QED) is 0.650. The van der Waals surface area contributed by atoms with Gasteiger partial charge >= 0.3 is 5.97 Å². The highest BCUT2D eigenvalue weighted by Gasteiger charge is 2.40. The first-order valence-corrected chi connectivity index (χ1v) is 7.81. The number of aromatic nitrogens is 2. The number of carbonyl (C=O) groups excluding carboxylic acids is 1. The summed E-state index contributed by atoms with van der Waals surface area (Å²) in [7, 11) is 3.15. The van der Waals surface area contributed by atoms with Crippen LogP contribution in [0.15, 0.2) is 40.2 Å². The van der Waals surface area contributed by atoms with Gasteiger partial charge in [-0.2, -0.15) is 0 Å². The van der Waals surface area contributed by atoms with E-state index in [9.17, 15) is 4.79 Å². The molecule has 0 spiro atoms. The Morgan fingerprint density at radius 2 is 2.20 bits per heavy atom. The summed E-state index contributed by atoms with van der Waals surface area (Å²) in [5, 5.41) is 10.9.